The van der Waals surface area contributed by atoms with Gasteiger partial charge in [-0.2, -0.15) is 0 Å². The van der Waals surface area contributed by atoms with Crippen molar-refractivity contribution in [2.75, 3.05) is 33.0 Å². The summed E-state index contributed by atoms with van der Waals surface area (Å²) in [5, 5.41) is 267. The molecule has 47 heteroatoms. The molecular formula is C94H152O47. The number of allylic oxidation sites excluding steroid dienone is 2. The van der Waals surface area contributed by atoms with E-state index in [9.17, 15) is 142 Å². The molecule has 8 heterocycles. The molecule has 141 heavy (non-hydrogen) atoms. The van der Waals surface area contributed by atoms with Gasteiger partial charge in [-0.25, -0.2) is 4.79 Å². The number of esters is 3. The number of carboxylic acid groups (broad SMARTS) is 1. The van der Waals surface area contributed by atoms with Gasteiger partial charge in [0.1, 0.15) is 146 Å². The Kier molecular flexibility index (Phi) is 36.8. The minimum Gasteiger partial charge on any atom is -0.477 e. The third-order valence-corrected chi connectivity index (χ3v) is 33.8. The summed E-state index contributed by atoms with van der Waals surface area (Å²) in [6.45, 7) is 18.3. The minimum absolute atomic E-state index is 0.00180. The predicted molar refractivity (Wildman–Crippen MR) is 468 cm³/mol. The number of aliphatic hydroxyl groups excluding tert-OH is 22. The van der Waals surface area contributed by atoms with E-state index in [1.54, 1.807) is 27.7 Å². The molecule has 0 aromatic carbocycles. The van der Waals surface area contributed by atoms with Gasteiger partial charge in [-0.1, -0.05) is 93.7 Å². The summed E-state index contributed by atoms with van der Waals surface area (Å²) in [6, 6.07) is 0. The zero-order chi connectivity index (χ0) is 104. The number of rotatable bonds is 37. The maximum absolute atomic E-state index is 16.4. The number of aldehydes is 1. The highest BCUT2D eigenvalue weighted by atomic mass is 16.8. The van der Waals surface area contributed by atoms with Gasteiger partial charge in [-0.3, -0.25) is 14.4 Å². The van der Waals surface area contributed by atoms with Crippen molar-refractivity contribution in [3.63, 3.8) is 0 Å². The Morgan fingerprint density at radius 2 is 1.01 bits per heavy atom. The number of aliphatic hydroxyl groups is 23. The second-order valence-electron chi connectivity index (χ2n) is 43.3. The highest BCUT2D eigenvalue weighted by Gasteiger charge is 2.74. The van der Waals surface area contributed by atoms with E-state index < -0.39 is 384 Å². The first-order valence-electron chi connectivity index (χ1n) is 49.4. The van der Waals surface area contributed by atoms with Gasteiger partial charge in [0.2, 0.25) is 6.29 Å². The molecule has 0 aromatic rings. The normalized spacial score (nSPS) is 48.5. The summed E-state index contributed by atoms with van der Waals surface area (Å²) in [5.41, 5.74) is -5.71. The Morgan fingerprint density at radius 1 is 0.496 bits per heavy atom. The number of hydrogen-bond acceptors (Lipinski definition) is 46. The molecule has 4 saturated carbocycles. The van der Waals surface area contributed by atoms with Crippen molar-refractivity contribution in [2.45, 2.75) is 450 Å². The molecule has 0 aromatic heterocycles. The zero-order valence-corrected chi connectivity index (χ0v) is 81.4. The van der Waals surface area contributed by atoms with Crippen LogP contribution in [0.3, 0.4) is 0 Å². The second kappa shape index (κ2) is 45.5. The van der Waals surface area contributed by atoms with Crippen LogP contribution in [0, 0.1) is 62.1 Å². The average Bonchev–Trinajstić information content (AvgIpc) is 0.860. The molecule has 5 aliphatic carbocycles. The monoisotopic (exact) mass is 2030 g/mol. The molecule has 8 aliphatic heterocycles. The van der Waals surface area contributed by atoms with Crippen LogP contribution in [-0.2, 0) is 109 Å². The molecule has 24 unspecified atom stereocenters. The van der Waals surface area contributed by atoms with Gasteiger partial charge in [0.05, 0.1) is 99.6 Å². The second-order valence-corrected chi connectivity index (χ2v) is 43.3. The molecule has 12 fully saturated rings. The summed E-state index contributed by atoms with van der Waals surface area (Å²) >= 11 is 0. The Labute approximate surface area is 815 Å². The average molecular weight is 2030 g/mol. The van der Waals surface area contributed by atoms with Crippen LogP contribution in [0.5, 0.6) is 0 Å². The van der Waals surface area contributed by atoms with E-state index in [4.69, 9.17) is 85.3 Å². The fraction of sp³-hybridized carbons (Fsp3) is 0.926. The quantitative estimate of drug-likeness (QED) is 0.00907. The Morgan fingerprint density at radius 3 is 1.60 bits per heavy atom. The number of hydrogen-bond donors (Lipinski definition) is 24. The van der Waals surface area contributed by atoms with E-state index >= 15 is 4.79 Å². The number of carboxylic acids is 1. The molecular weight excluding hydrogens is 1880 g/mol. The van der Waals surface area contributed by atoms with Gasteiger partial charge in [0, 0.05) is 25.9 Å². The van der Waals surface area contributed by atoms with Crippen LogP contribution < -0.4 is 0 Å². The van der Waals surface area contributed by atoms with Crippen LogP contribution in [0.25, 0.3) is 0 Å². The van der Waals surface area contributed by atoms with Crippen molar-refractivity contribution in [3.8, 4) is 0 Å². The fourth-order valence-corrected chi connectivity index (χ4v) is 24.7. The first kappa shape index (κ1) is 114. The third-order valence-electron chi connectivity index (χ3n) is 33.8. The molecule has 52 atom stereocenters. The van der Waals surface area contributed by atoms with Crippen LogP contribution in [0.4, 0.5) is 0 Å². The number of carbonyl (C=O) groups is 5. The van der Waals surface area contributed by atoms with E-state index in [-0.39, 0.29) is 69.6 Å². The number of aliphatic carboxylic acids is 1. The van der Waals surface area contributed by atoms with Crippen LogP contribution >= 0.6 is 0 Å². The standard InChI is InChI=1S/C94H152O47/c1-13-37(3)47(127-57(104)27-42(101)26-48(38(4)14-2)129-80-67(114)62(109)52(34-98)132-80)25-41(100)28-58(105)135-74-40(6)126-84(77(71(74)118)139-79-70(117)65(112)73(39(5)125-79)136-78-72(119)75(45(102)35-124-78)137-82-66(113)59(106)46(128-82)19-24-95)140-87(122)93-23-22-88(7,8)29-44(93)43-15-16-54-89(9)20-18-56(90(10,36-99)53(89)17-21-91(54,11)92(43,12)31-55(93)103)134-85-76(138-83-69(116)64(111)61(108)51(33-97)133-83)49(30-94(123,141-85)86(120)121)130-81-68(115)63(110)60(107)50(32-96)131-81/h15,36-42,44-56,59-85,95-98,100-103,106-119,123H,13-14,16-35H2,1-12H3,(H,120,121)/t37-,38-,39?,40?,41-,42-,44?,45?,46+,47-,48-,49?,50?,51?,52-,53?,54?,55+,56-,59?,60+,61-,62?,63?,64?,65?,66?,67?,68?,69?,70?,71?,72?,73-,74+,75-,76?,77?,78+,79-,80+,81+,82-,83-,84-,85+,89-,90-,91+,92+,93+,94?/m0/s1. The molecule has 24 N–H and O–H groups in total. The highest BCUT2D eigenvalue weighted by molar-refractivity contribution is 5.80. The van der Waals surface area contributed by atoms with E-state index in [1.807, 2.05) is 27.7 Å². The lowest BCUT2D eigenvalue weighted by atomic mass is 9.33. The number of carbonyl (C=O) groups excluding carboxylic acids is 4. The predicted octanol–water partition coefficient (Wildman–Crippen LogP) is -5.59. The zero-order valence-electron chi connectivity index (χ0n) is 81.4. The Balaban J connectivity index is 0.751. The van der Waals surface area contributed by atoms with Gasteiger partial charge in [0.25, 0.3) is 5.79 Å². The van der Waals surface area contributed by atoms with Gasteiger partial charge in [0.15, 0.2) is 56.2 Å². The van der Waals surface area contributed by atoms with E-state index in [0.29, 0.717) is 38.4 Å². The van der Waals surface area contributed by atoms with Gasteiger partial charge in [-0.15, -0.1) is 0 Å². The summed E-state index contributed by atoms with van der Waals surface area (Å²) in [4.78, 5) is 72.3. The first-order chi connectivity index (χ1) is 66.2. The summed E-state index contributed by atoms with van der Waals surface area (Å²) in [7, 11) is 0. The molecule has 0 radical (unpaired) electrons. The Bertz CT molecular complexity index is 4170. The molecule has 13 aliphatic rings. The maximum atomic E-state index is 16.4. The van der Waals surface area contributed by atoms with E-state index in [0.717, 1.165) is 5.57 Å². The van der Waals surface area contributed by atoms with Crippen LogP contribution in [0.1, 0.15) is 192 Å². The maximum Gasteiger partial charge on any atom is 0.364 e. The van der Waals surface area contributed by atoms with E-state index in [2.05, 4.69) is 19.9 Å². The lowest BCUT2D eigenvalue weighted by molar-refractivity contribution is -0.412. The van der Waals surface area contributed by atoms with Crippen molar-refractivity contribution in [2.24, 2.45) is 62.1 Å². The van der Waals surface area contributed by atoms with Crippen molar-refractivity contribution >= 4 is 30.2 Å². The fourth-order valence-electron chi connectivity index (χ4n) is 24.7. The van der Waals surface area contributed by atoms with E-state index in [1.165, 1.54) is 13.8 Å². The molecule has 0 amide bonds. The van der Waals surface area contributed by atoms with Crippen molar-refractivity contribution < 1.29 is 232 Å². The van der Waals surface area contributed by atoms with Gasteiger partial charge in [-0.05, 0) is 129 Å². The molecule has 0 spiro atoms. The molecule has 0 bridgehead atoms. The molecule has 47 nitrogen and oxygen atoms in total. The molecule has 8 saturated heterocycles. The number of fused-ring (bicyclic) bond motifs is 7. The van der Waals surface area contributed by atoms with Crippen molar-refractivity contribution in [1.29, 1.82) is 0 Å². The number of ether oxygens (including phenoxy) is 18. The molecule has 13 rings (SSSR count). The SMILES string of the molecule is CC[C@H](C)[C@H](C[C@H](O)CC(=O)O[C@@H]1C(C)O[C@@H](OC(=O)[C@]23CCC(C)(C)CC2C2=CCC4[C@@]5(C)CC[C@H](O[C@@H]6OC(O)(C(=O)O)CC(O[C@@H]7OC(CO)[C@@H](O)C(O)C7O)C6O[C@@H]6OC(CO)[C@H](O)C(O)C6O)[C@@](C)(C=O)C5CC[C@@]4(C)[C@]2(C)C[C@H]3O)C(O[C@@H]2OC(C)[C@H](O[C@H]3OCC(O)[C@H](O[C@@H]4O[C@H](CCO)C(O)C4O)C3O)C(O)C2O)C1O)OC(=O)C[C@@H](O)C[C@H](O[C@@H]1O[C@@H](CO)C(O)C1O)[C@@H](C)CC. The lowest BCUT2D eigenvalue weighted by Crippen LogP contribution is -2.69. The summed E-state index contributed by atoms with van der Waals surface area (Å²) in [5.74, 6) is -10.9. The third kappa shape index (κ3) is 22.3. The Hall–Kier alpha value is -4.23. The van der Waals surface area contributed by atoms with Gasteiger partial charge >= 0.3 is 23.9 Å². The van der Waals surface area contributed by atoms with Crippen LogP contribution in [-0.4, -0.2) is 443 Å². The van der Waals surface area contributed by atoms with Crippen molar-refractivity contribution in [1.82, 2.24) is 0 Å². The summed E-state index contributed by atoms with van der Waals surface area (Å²) < 4.78 is 109. The highest BCUT2D eigenvalue weighted by Crippen LogP contribution is 2.76. The minimum atomic E-state index is -3.28. The topological polar surface area (TPSA) is 737 Å². The van der Waals surface area contributed by atoms with Crippen LogP contribution in [0.2, 0.25) is 0 Å². The smallest absolute Gasteiger partial charge is 0.364 e. The first-order valence-corrected chi connectivity index (χ1v) is 49.4. The van der Waals surface area contributed by atoms with Crippen molar-refractivity contribution in [3.05, 3.63) is 11.6 Å². The summed E-state index contributed by atoms with van der Waals surface area (Å²) in [6.07, 6.45) is -68.4. The molecule has 810 valence electrons. The van der Waals surface area contributed by atoms with Gasteiger partial charge < -0.3 is 213 Å². The van der Waals surface area contributed by atoms with Crippen LogP contribution in [0.15, 0.2) is 11.6 Å². The lowest BCUT2D eigenvalue weighted by Gasteiger charge is -2.71. The largest absolute Gasteiger partial charge is 0.477 e.